The van der Waals surface area contributed by atoms with Crippen LogP contribution in [0.1, 0.15) is 38.5 Å². The number of hydrogen-bond acceptors (Lipinski definition) is 5. The summed E-state index contributed by atoms with van der Waals surface area (Å²) in [5, 5.41) is 16.9. The number of rotatable bonds is 13. The fourth-order valence-corrected chi connectivity index (χ4v) is 1.94. The minimum atomic E-state index is -0.864. The van der Waals surface area contributed by atoms with Crippen molar-refractivity contribution >= 4 is 11.9 Å². The molecule has 0 amide bonds. The van der Waals surface area contributed by atoms with E-state index < -0.39 is 5.97 Å². The maximum absolute atomic E-state index is 11.5. The van der Waals surface area contributed by atoms with Crippen LogP contribution >= 0.6 is 0 Å². The summed E-state index contributed by atoms with van der Waals surface area (Å²) in [6.07, 6.45) is 6.59. The van der Waals surface area contributed by atoms with Gasteiger partial charge < -0.3 is 19.1 Å². The van der Waals surface area contributed by atoms with Gasteiger partial charge in [-0.3, -0.25) is 4.79 Å². The topological polar surface area (TPSA) is 96.6 Å². The Kier molecular flexibility index (Phi) is 10.8. The summed E-state index contributed by atoms with van der Waals surface area (Å²) < 4.78 is 9.97. The summed E-state index contributed by atoms with van der Waals surface area (Å²) in [4.78, 5) is 22.2. The van der Waals surface area contributed by atoms with E-state index in [0.717, 1.165) is 32.1 Å². The van der Waals surface area contributed by atoms with Gasteiger partial charge in [0, 0.05) is 6.42 Å². The molecule has 7 heteroatoms. The molecule has 0 fully saturated rings. The number of likely N-dealkylation sites (N-methyl/N-ethyl adjacent to an activating group) is 1. The van der Waals surface area contributed by atoms with Crippen molar-refractivity contribution in [3.8, 4) is 6.26 Å². The zero-order valence-corrected chi connectivity index (χ0v) is 13.5. The van der Waals surface area contributed by atoms with Crippen LogP contribution in [0.3, 0.4) is 0 Å². The first-order chi connectivity index (χ1) is 10.4. The van der Waals surface area contributed by atoms with Crippen molar-refractivity contribution in [2.24, 2.45) is 0 Å². The van der Waals surface area contributed by atoms with Crippen molar-refractivity contribution in [1.29, 1.82) is 5.26 Å². The summed E-state index contributed by atoms with van der Waals surface area (Å²) in [6, 6.07) is 0. The van der Waals surface area contributed by atoms with Gasteiger partial charge in [-0.1, -0.05) is 19.3 Å². The van der Waals surface area contributed by atoms with Crippen LogP contribution in [0.25, 0.3) is 0 Å². The van der Waals surface area contributed by atoms with Crippen molar-refractivity contribution in [3.63, 3.8) is 0 Å². The van der Waals surface area contributed by atoms with E-state index in [4.69, 9.17) is 15.1 Å². The Morgan fingerprint density at radius 2 is 1.73 bits per heavy atom. The van der Waals surface area contributed by atoms with Crippen molar-refractivity contribution in [1.82, 2.24) is 0 Å². The molecule has 0 bridgehead atoms. The van der Waals surface area contributed by atoms with E-state index in [-0.39, 0.29) is 23.6 Å². The molecule has 0 heterocycles. The highest BCUT2D eigenvalue weighted by Gasteiger charge is 2.19. The molecule has 0 saturated carbocycles. The number of quaternary nitrogens is 1. The van der Waals surface area contributed by atoms with E-state index >= 15 is 0 Å². The number of nitrogens with zero attached hydrogens (tertiary/aromatic N) is 2. The van der Waals surface area contributed by atoms with Crippen molar-refractivity contribution in [2.75, 3.05) is 40.4 Å². The lowest BCUT2D eigenvalue weighted by molar-refractivity contribution is -0.883. The number of carboxylic acids is 1. The van der Waals surface area contributed by atoms with Crippen LogP contribution in [0.4, 0.5) is 0 Å². The highest BCUT2D eigenvalue weighted by molar-refractivity contribution is 5.69. The van der Waals surface area contributed by atoms with Gasteiger partial charge in [-0.2, -0.15) is 5.26 Å². The van der Waals surface area contributed by atoms with Gasteiger partial charge in [0.05, 0.1) is 14.1 Å². The molecule has 0 aliphatic carbocycles. The van der Waals surface area contributed by atoms with E-state index in [1.165, 1.54) is 0 Å². The summed E-state index contributed by atoms with van der Waals surface area (Å²) >= 11 is 0. The molecule has 0 aromatic carbocycles. The smallest absolute Gasteiger partial charge is 0.359 e. The monoisotopic (exact) mass is 315 g/mol. The molecule has 0 rings (SSSR count). The molecule has 0 radical (unpaired) electrons. The number of carbonyl (C=O) groups excluding carboxylic acids is 1. The third-order valence-corrected chi connectivity index (χ3v) is 3.21. The first kappa shape index (κ1) is 20.2. The van der Waals surface area contributed by atoms with Gasteiger partial charge in [-0.05, 0) is 12.8 Å². The lowest BCUT2D eigenvalue weighted by atomic mass is 10.1. The summed E-state index contributed by atoms with van der Waals surface area (Å²) in [5.74, 6) is -1.10. The highest BCUT2D eigenvalue weighted by Crippen LogP contribution is 2.06. The van der Waals surface area contributed by atoms with Crippen molar-refractivity contribution in [3.05, 3.63) is 0 Å². The molecule has 0 atom stereocenters. The molecule has 126 valence electrons. The Morgan fingerprint density at radius 3 is 2.36 bits per heavy atom. The third kappa shape index (κ3) is 13.2. The Labute approximate surface area is 132 Å². The number of unbranched alkanes of at least 4 members (excludes halogenated alkanes) is 4. The van der Waals surface area contributed by atoms with Gasteiger partial charge in [0.15, 0.2) is 6.54 Å². The van der Waals surface area contributed by atoms with Crippen LogP contribution < -0.4 is 0 Å². The second-order valence-electron chi connectivity index (χ2n) is 5.89. The lowest BCUT2D eigenvalue weighted by Gasteiger charge is -2.27. The standard InChI is InChI=1S/C15H26N2O5/c1-17(2,12-14(18)19)9-11-22-15(20)8-6-4-3-5-7-10-21-13-16/h3-12H2,1-2H3/p+1. The summed E-state index contributed by atoms with van der Waals surface area (Å²) in [5.41, 5.74) is 0. The number of esters is 1. The molecule has 0 spiro atoms. The molecule has 0 aliphatic heterocycles. The van der Waals surface area contributed by atoms with Crippen LogP contribution in [0.15, 0.2) is 0 Å². The number of ether oxygens (including phenoxy) is 2. The van der Waals surface area contributed by atoms with Crippen LogP contribution in [0.5, 0.6) is 0 Å². The quantitative estimate of drug-likeness (QED) is 0.240. The van der Waals surface area contributed by atoms with E-state index in [0.29, 0.717) is 19.6 Å². The minimum Gasteiger partial charge on any atom is -0.477 e. The second kappa shape index (κ2) is 11.8. The minimum absolute atomic E-state index is 0.00701. The van der Waals surface area contributed by atoms with Crippen molar-refractivity contribution < 1.29 is 28.7 Å². The Hall–Kier alpha value is -1.81. The number of nitriles is 1. The van der Waals surface area contributed by atoms with E-state index in [1.807, 2.05) is 0 Å². The molecule has 0 aliphatic rings. The van der Waals surface area contributed by atoms with E-state index in [2.05, 4.69) is 4.74 Å². The van der Waals surface area contributed by atoms with Gasteiger partial charge in [-0.25, -0.2) is 4.79 Å². The van der Waals surface area contributed by atoms with E-state index in [9.17, 15) is 9.59 Å². The van der Waals surface area contributed by atoms with Crippen LogP contribution in [0, 0.1) is 11.5 Å². The lowest BCUT2D eigenvalue weighted by Crippen LogP contribution is -2.46. The number of carbonyl (C=O) groups is 2. The fourth-order valence-electron chi connectivity index (χ4n) is 1.94. The van der Waals surface area contributed by atoms with E-state index in [1.54, 1.807) is 20.4 Å². The molecule has 7 nitrogen and oxygen atoms in total. The molecule has 0 saturated heterocycles. The van der Waals surface area contributed by atoms with Crippen molar-refractivity contribution in [2.45, 2.75) is 38.5 Å². The largest absolute Gasteiger partial charge is 0.477 e. The first-order valence-electron chi connectivity index (χ1n) is 7.58. The average molecular weight is 315 g/mol. The third-order valence-electron chi connectivity index (χ3n) is 3.21. The zero-order valence-electron chi connectivity index (χ0n) is 13.5. The molecule has 1 N–H and O–H groups in total. The molecule has 22 heavy (non-hydrogen) atoms. The molecule has 0 aromatic rings. The van der Waals surface area contributed by atoms with Crippen LogP contribution in [-0.4, -0.2) is 61.9 Å². The Morgan fingerprint density at radius 1 is 1.09 bits per heavy atom. The summed E-state index contributed by atoms with van der Waals surface area (Å²) in [7, 11) is 3.58. The van der Waals surface area contributed by atoms with Crippen LogP contribution in [0.2, 0.25) is 0 Å². The predicted molar refractivity (Wildman–Crippen MR) is 79.7 cm³/mol. The molecular weight excluding hydrogens is 288 g/mol. The van der Waals surface area contributed by atoms with Gasteiger partial charge in [0.2, 0.25) is 0 Å². The van der Waals surface area contributed by atoms with Gasteiger partial charge in [0.1, 0.15) is 19.8 Å². The van der Waals surface area contributed by atoms with Gasteiger partial charge in [0.25, 0.3) is 6.26 Å². The Bertz CT molecular complexity index is 377. The van der Waals surface area contributed by atoms with Gasteiger partial charge in [-0.15, -0.1) is 0 Å². The second-order valence-corrected chi connectivity index (χ2v) is 5.89. The molecular formula is C15H27N2O5+. The maximum atomic E-state index is 11.5. The number of aliphatic carboxylic acids is 1. The maximum Gasteiger partial charge on any atom is 0.359 e. The van der Waals surface area contributed by atoms with Gasteiger partial charge >= 0.3 is 11.9 Å². The fraction of sp³-hybridized carbons (Fsp3) is 0.800. The average Bonchev–Trinajstić information content (AvgIpc) is 2.40. The number of hydrogen-bond donors (Lipinski definition) is 1. The highest BCUT2D eigenvalue weighted by atomic mass is 16.5. The Balaban J connectivity index is 3.51. The van der Waals surface area contributed by atoms with Crippen LogP contribution in [-0.2, 0) is 19.1 Å². The normalized spacial score (nSPS) is 10.8. The SMILES string of the molecule is C[N+](C)(CCOC(=O)CCCCCCCOC#N)CC(=O)O. The molecule has 0 unspecified atom stereocenters. The predicted octanol–water partition coefficient (Wildman–Crippen LogP) is 1.53. The first-order valence-corrected chi connectivity index (χ1v) is 7.58. The zero-order chi connectivity index (χ0) is 16.8. The molecule has 0 aromatic heterocycles. The summed E-state index contributed by atoms with van der Waals surface area (Å²) in [6.45, 7) is 1.19. The number of carboxylic acid groups (broad SMARTS) is 1.